The smallest absolute Gasteiger partial charge is 0.273 e. The number of ether oxygens (including phenoxy) is 1. The Morgan fingerprint density at radius 2 is 2.00 bits per heavy atom. The first-order chi connectivity index (χ1) is 15.1. The van der Waals surface area contributed by atoms with E-state index in [1.807, 2.05) is 72.4 Å². The second-order valence-electron chi connectivity index (χ2n) is 7.01. The maximum atomic E-state index is 12.9. The number of thiazole rings is 1. The number of aromatic nitrogens is 4. The third-order valence-corrected chi connectivity index (χ3v) is 5.96. The molecular weight excluding hydrogens is 410 g/mol. The lowest BCUT2D eigenvalue weighted by Gasteiger charge is -2.02. The van der Waals surface area contributed by atoms with Crippen molar-refractivity contribution in [1.82, 2.24) is 19.5 Å². The lowest BCUT2D eigenvalue weighted by Crippen LogP contribution is -2.11. The van der Waals surface area contributed by atoms with Gasteiger partial charge >= 0.3 is 0 Å². The number of nitrogens with zero attached hydrogens (tertiary/aromatic N) is 3. The van der Waals surface area contributed by atoms with Crippen LogP contribution >= 0.6 is 11.3 Å². The summed E-state index contributed by atoms with van der Waals surface area (Å²) in [6.45, 7) is 0. The van der Waals surface area contributed by atoms with Crippen molar-refractivity contribution >= 4 is 33.3 Å². The van der Waals surface area contributed by atoms with E-state index in [2.05, 4.69) is 15.3 Å². The van der Waals surface area contributed by atoms with Crippen LogP contribution in [0, 0.1) is 0 Å². The molecule has 154 valence electrons. The Morgan fingerprint density at radius 1 is 1.16 bits per heavy atom. The highest BCUT2D eigenvalue weighted by atomic mass is 32.1. The quantitative estimate of drug-likeness (QED) is 0.414. The molecule has 5 rings (SSSR count). The van der Waals surface area contributed by atoms with Crippen molar-refractivity contribution in [3.8, 4) is 27.7 Å². The first kappa shape index (κ1) is 19.1. The highest BCUT2D eigenvalue weighted by molar-refractivity contribution is 7.19. The molecule has 7 nitrogen and oxygen atoms in total. The molecule has 0 aliphatic carbocycles. The molecule has 5 aromatic rings. The van der Waals surface area contributed by atoms with E-state index in [1.165, 1.54) is 11.3 Å². The van der Waals surface area contributed by atoms with Crippen LogP contribution in [-0.2, 0) is 7.05 Å². The van der Waals surface area contributed by atoms with Gasteiger partial charge in [-0.3, -0.25) is 10.1 Å². The van der Waals surface area contributed by atoms with E-state index < -0.39 is 0 Å². The maximum Gasteiger partial charge on any atom is 0.273 e. The Kier molecular flexibility index (Phi) is 4.76. The Bertz CT molecular complexity index is 1380. The van der Waals surface area contributed by atoms with Crippen LogP contribution in [0.25, 0.3) is 32.9 Å². The molecular formula is C23H19N5O2S. The van der Waals surface area contributed by atoms with E-state index >= 15 is 0 Å². The third-order valence-electron chi connectivity index (χ3n) is 4.99. The van der Waals surface area contributed by atoms with Crippen LogP contribution in [0.2, 0.25) is 0 Å². The van der Waals surface area contributed by atoms with Gasteiger partial charge in [-0.05, 0) is 18.2 Å². The molecule has 0 aliphatic heterocycles. The molecule has 0 bridgehead atoms. The second-order valence-corrected chi connectivity index (χ2v) is 8.01. The number of amides is 1. The number of rotatable bonds is 5. The molecule has 2 aromatic carbocycles. The van der Waals surface area contributed by atoms with Crippen LogP contribution in [0.3, 0.4) is 0 Å². The number of nitrogens with one attached hydrogen (secondary N) is 2. The number of carbonyl (C=O) groups is 1. The summed E-state index contributed by atoms with van der Waals surface area (Å²) >= 11 is 1.40. The summed E-state index contributed by atoms with van der Waals surface area (Å²) in [6, 6.07) is 17.3. The SMILES string of the molecule is COc1ccc2cc(C(=O)Nc3nc(-c4ccccc4)c(-c4nccn4C)s3)[nH]c2c1. The minimum absolute atomic E-state index is 0.255. The van der Waals surface area contributed by atoms with E-state index in [0.29, 0.717) is 10.8 Å². The molecule has 3 aromatic heterocycles. The van der Waals surface area contributed by atoms with Gasteiger partial charge < -0.3 is 14.3 Å². The van der Waals surface area contributed by atoms with E-state index in [9.17, 15) is 4.79 Å². The van der Waals surface area contributed by atoms with Gasteiger partial charge in [-0.15, -0.1) is 0 Å². The molecule has 0 aliphatic rings. The molecule has 0 unspecified atom stereocenters. The Morgan fingerprint density at radius 3 is 2.74 bits per heavy atom. The molecule has 0 spiro atoms. The van der Waals surface area contributed by atoms with Crippen LogP contribution in [0.4, 0.5) is 5.13 Å². The number of fused-ring (bicyclic) bond motifs is 1. The maximum absolute atomic E-state index is 12.9. The molecule has 0 saturated carbocycles. The Labute approximate surface area is 182 Å². The second kappa shape index (κ2) is 7.73. The number of hydrogen-bond donors (Lipinski definition) is 2. The predicted molar refractivity (Wildman–Crippen MR) is 123 cm³/mol. The average Bonchev–Trinajstić information content (AvgIpc) is 3.51. The molecule has 0 saturated heterocycles. The van der Waals surface area contributed by atoms with Gasteiger partial charge in [0.2, 0.25) is 0 Å². The number of hydrogen-bond acceptors (Lipinski definition) is 5. The zero-order valence-corrected chi connectivity index (χ0v) is 17.7. The van der Waals surface area contributed by atoms with Crippen molar-refractivity contribution < 1.29 is 9.53 Å². The predicted octanol–water partition coefficient (Wildman–Crippen LogP) is 4.95. The van der Waals surface area contributed by atoms with E-state index in [-0.39, 0.29) is 5.91 Å². The van der Waals surface area contributed by atoms with Gasteiger partial charge in [-0.1, -0.05) is 41.7 Å². The summed E-state index contributed by atoms with van der Waals surface area (Å²) < 4.78 is 7.19. The fourth-order valence-corrected chi connectivity index (χ4v) is 4.44. The highest BCUT2D eigenvalue weighted by Crippen LogP contribution is 2.38. The summed E-state index contributed by atoms with van der Waals surface area (Å²) in [4.78, 5) is 26.2. The Balaban J connectivity index is 1.50. The van der Waals surface area contributed by atoms with E-state index in [4.69, 9.17) is 9.72 Å². The first-order valence-electron chi connectivity index (χ1n) is 9.64. The number of aromatic amines is 1. The number of carbonyl (C=O) groups excluding carboxylic acids is 1. The van der Waals surface area contributed by atoms with Crippen molar-refractivity contribution in [3.63, 3.8) is 0 Å². The topological polar surface area (TPSA) is 84.8 Å². The fraction of sp³-hybridized carbons (Fsp3) is 0.0870. The molecule has 0 radical (unpaired) electrons. The molecule has 1 amide bonds. The lowest BCUT2D eigenvalue weighted by molar-refractivity contribution is 0.102. The minimum Gasteiger partial charge on any atom is -0.497 e. The highest BCUT2D eigenvalue weighted by Gasteiger charge is 2.20. The molecule has 8 heteroatoms. The number of methoxy groups -OCH3 is 1. The van der Waals surface area contributed by atoms with Crippen LogP contribution < -0.4 is 10.1 Å². The average molecular weight is 430 g/mol. The van der Waals surface area contributed by atoms with Crippen molar-refractivity contribution in [2.75, 3.05) is 12.4 Å². The third kappa shape index (κ3) is 3.57. The monoisotopic (exact) mass is 429 g/mol. The van der Waals surface area contributed by atoms with Gasteiger partial charge in [-0.25, -0.2) is 9.97 Å². The Hall–Kier alpha value is -3.91. The number of benzene rings is 2. The van der Waals surface area contributed by atoms with Crippen molar-refractivity contribution in [3.05, 3.63) is 72.7 Å². The summed E-state index contributed by atoms with van der Waals surface area (Å²) in [5.74, 6) is 1.28. The molecule has 0 atom stereocenters. The zero-order valence-electron chi connectivity index (χ0n) is 16.9. The van der Waals surface area contributed by atoms with Gasteiger partial charge in [0, 0.05) is 42.0 Å². The standard InChI is InChI=1S/C23H19N5O2S/c1-28-11-10-24-21(28)20-19(14-6-4-3-5-7-14)26-23(31-20)27-22(29)18-12-15-8-9-16(30-2)13-17(15)25-18/h3-13,25H,1-2H3,(H,26,27,29). The van der Waals surface area contributed by atoms with Crippen molar-refractivity contribution in [2.45, 2.75) is 0 Å². The van der Waals surface area contributed by atoms with Gasteiger partial charge in [0.1, 0.15) is 11.4 Å². The van der Waals surface area contributed by atoms with Crippen molar-refractivity contribution in [1.29, 1.82) is 0 Å². The first-order valence-corrected chi connectivity index (χ1v) is 10.5. The van der Waals surface area contributed by atoms with Crippen molar-refractivity contribution in [2.24, 2.45) is 7.05 Å². The normalized spacial score (nSPS) is 11.0. The fourth-order valence-electron chi connectivity index (χ4n) is 3.42. The van der Waals surface area contributed by atoms with Gasteiger partial charge in [0.05, 0.1) is 17.7 Å². The largest absolute Gasteiger partial charge is 0.497 e. The summed E-state index contributed by atoms with van der Waals surface area (Å²) in [5, 5.41) is 4.37. The molecule has 2 N–H and O–H groups in total. The van der Waals surface area contributed by atoms with Gasteiger partial charge in [0.25, 0.3) is 5.91 Å². The number of aryl methyl sites for hydroxylation is 1. The molecule has 31 heavy (non-hydrogen) atoms. The summed E-state index contributed by atoms with van der Waals surface area (Å²) in [7, 11) is 3.55. The van der Waals surface area contributed by atoms with Gasteiger partial charge in [-0.2, -0.15) is 0 Å². The zero-order chi connectivity index (χ0) is 21.4. The van der Waals surface area contributed by atoms with E-state index in [0.717, 1.165) is 38.6 Å². The number of imidazole rings is 1. The molecule has 3 heterocycles. The van der Waals surface area contributed by atoms with Crippen LogP contribution in [-0.4, -0.2) is 32.5 Å². The van der Waals surface area contributed by atoms with Crippen LogP contribution in [0.1, 0.15) is 10.5 Å². The van der Waals surface area contributed by atoms with E-state index in [1.54, 1.807) is 13.3 Å². The lowest BCUT2D eigenvalue weighted by atomic mass is 10.1. The summed E-state index contributed by atoms with van der Waals surface area (Å²) in [5.41, 5.74) is 3.05. The summed E-state index contributed by atoms with van der Waals surface area (Å²) in [6.07, 6.45) is 3.64. The number of H-pyrrole nitrogens is 1. The molecule has 0 fully saturated rings. The number of anilines is 1. The minimum atomic E-state index is -0.255. The van der Waals surface area contributed by atoms with Crippen LogP contribution in [0.15, 0.2) is 67.0 Å². The van der Waals surface area contributed by atoms with Gasteiger partial charge in [0.15, 0.2) is 11.0 Å². The van der Waals surface area contributed by atoms with Crippen LogP contribution in [0.5, 0.6) is 5.75 Å².